The van der Waals surface area contributed by atoms with E-state index in [1.54, 1.807) is 36.9 Å². The number of rotatable bonds is 5. The molecule has 0 unspecified atom stereocenters. The number of alkyl halides is 1. The van der Waals surface area contributed by atoms with E-state index in [9.17, 15) is 14.0 Å². The van der Waals surface area contributed by atoms with Gasteiger partial charge in [-0.1, -0.05) is 6.07 Å². The van der Waals surface area contributed by atoms with Gasteiger partial charge in [0.2, 0.25) is 5.91 Å². The average molecular weight is 419 g/mol. The molecule has 0 saturated heterocycles. The summed E-state index contributed by atoms with van der Waals surface area (Å²) < 4.78 is 19.1. The van der Waals surface area contributed by atoms with E-state index in [0.717, 1.165) is 0 Å². The Balaban J connectivity index is 2.49. The number of anilines is 2. The Bertz CT molecular complexity index is 858. The van der Waals surface area contributed by atoms with Gasteiger partial charge in [-0.2, -0.15) is 0 Å². The lowest BCUT2D eigenvalue weighted by Crippen LogP contribution is -2.51. The molecule has 8 heteroatoms. The predicted octanol–water partition coefficient (Wildman–Crippen LogP) is 3.91. The molecule has 0 bridgehead atoms. The molecule has 7 nitrogen and oxygen atoms in total. The lowest BCUT2D eigenvalue weighted by molar-refractivity contribution is -0.117. The highest BCUT2D eigenvalue weighted by atomic mass is 19.1. The highest BCUT2D eigenvalue weighted by Crippen LogP contribution is 2.38. The molecule has 0 aliphatic carbocycles. The number of hydrogen-bond acceptors (Lipinski definition) is 5. The Morgan fingerprint density at radius 2 is 2.03 bits per heavy atom. The molecular formula is C22H31FN4O3. The fourth-order valence-corrected chi connectivity index (χ4v) is 3.30. The number of fused-ring (bicyclic) bond motifs is 1. The van der Waals surface area contributed by atoms with Crippen molar-refractivity contribution < 1.29 is 18.7 Å². The number of hydrogen-bond donors (Lipinski definition) is 1. The van der Waals surface area contributed by atoms with Crippen LogP contribution in [0.4, 0.5) is 20.6 Å². The van der Waals surface area contributed by atoms with Crippen LogP contribution in [0.3, 0.4) is 0 Å². The van der Waals surface area contributed by atoms with Crippen molar-refractivity contribution in [1.82, 2.24) is 0 Å². The number of nitrogens with two attached hydrogens (primary N) is 1. The van der Waals surface area contributed by atoms with Crippen LogP contribution in [-0.4, -0.2) is 49.1 Å². The zero-order chi connectivity index (χ0) is 22.6. The zero-order valence-electron chi connectivity index (χ0n) is 18.5. The summed E-state index contributed by atoms with van der Waals surface area (Å²) in [4.78, 5) is 32.3. The van der Waals surface area contributed by atoms with Crippen LogP contribution < -0.4 is 15.5 Å². The van der Waals surface area contributed by atoms with Crippen LogP contribution in [0.15, 0.2) is 29.4 Å². The zero-order valence-corrected chi connectivity index (χ0v) is 18.5. The SMILES string of the molecule is CC(=O)N1c2ccc(C(C=NCC(C)(C)F)=CN)cc2N(C(=O)OC(C)C)C[C@@H]1C. The van der Waals surface area contributed by atoms with E-state index in [1.165, 1.54) is 38.1 Å². The Kier molecular flexibility index (Phi) is 7.23. The smallest absolute Gasteiger partial charge is 0.414 e. The molecular weight excluding hydrogens is 387 g/mol. The maximum atomic E-state index is 13.7. The van der Waals surface area contributed by atoms with E-state index in [0.29, 0.717) is 29.1 Å². The van der Waals surface area contributed by atoms with Crippen LogP contribution >= 0.6 is 0 Å². The number of allylic oxidation sites excluding steroid dienone is 1. The minimum Gasteiger partial charge on any atom is -0.446 e. The normalized spacial score (nSPS) is 17.5. The number of aliphatic imine (C=N–C) groups is 1. The third-order valence-corrected chi connectivity index (χ3v) is 4.52. The second-order valence-electron chi connectivity index (χ2n) is 8.30. The Morgan fingerprint density at radius 1 is 1.37 bits per heavy atom. The molecule has 0 fully saturated rings. The van der Waals surface area contributed by atoms with Crippen LogP contribution in [0.2, 0.25) is 0 Å². The number of benzene rings is 1. The predicted molar refractivity (Wildman–Crippen MR) is 119 cm³/mol. The van der Waals surface area contributed by atoms with Crippen molar-refractivity contribution in [3.63, 3.8) is 0 Å². The van der Waals surface area contributed by atoms with E-state index < -0.39 is 11.8 Å². The molecule has 0 radical (unpaired) electrons. The summed E-state index contributed by atoms with van der Waals surface area (Å²) in [5.41, 5.74) is 6.77. The van der Waals surface area contributed by atoms with Gasteiger partial charge in [0.05, 0.1) is 30.1 Å². The molecule has 2 rings (SSSR count). The van der Waals surface area contributed by atoms with Crippen LogP contribution in [0.25, 0.3) is 5.57 Å². The molecule has 164 valence electrons. The van der Waals surface area contributed by atoms with Gasteiger partial charge in [-0.15, -0.1) is 0 Å². The second kappa shape index (κ2) is 9.28. The summed E-state index contributed by atoms with van der Waals surface area (Å²) in [6.07, 6.45) is 2.13. The third-order valence-electron chi connectivity index (χ3n) is 4.52. The number of ether oxygens (including phenoxy) is 1. The van der Waals surface area contributed by atoms with Crippen molar-refractivity contribution in [3.05, 3.63) is 30.0 Å². The van der Waals surface area contributed by atoms with Gasteiger partial charge in [0.25, 0.3) is 0 Å². The molecule has 1 atom stereocenters. The van der Waals surface area contributed by atoms with Crippen molar-refractivity contribution in [2.45, 2.75) is 59.4 Å². The molecule has 30 heavy (non-hydrogen) atoms. The number of carbonyl (C=O) groups excluding carboxylic acids is 2. The molecule has 1 aromatic rings. The second-order valence-corrected chi connectivity index (χ2v) is 8.30. The standard InChI is InChI=1S/C22H31FN4O3/c1-14(2)30-21(29)26-12-15(3)27(16(4)28)19-8-7-17(9-20(19)26)18(10-24)11-25-13-22(5,6)23/h7-11,14-15H,12-13,24H2,1-6H3/t15-/m0/s1. The van der Waals surface area contributed by atoms with Crippen LogP contribution in [-0.2, 0) is 9.53 Å². The van der Waals surface area contributed by atoms with E-state index in [4.69, 9.17) is 10.5 Å². The summed E-state index contributed by atoms with van der Waals surface area (Å²) in [7, 11) is 0. The Hall–Kier alpha value is -2.90. The van der Waals surface area contributed by atoms with Crippen molar-refractivity contribution in [3.8, 4) is 0 Å². The first-order chi connectivity index (χ1) is 13.9. The molecule has 0 saturated carbocycles. The van der Waals surface area contributed by atoms with Gasteiger partial charge in [-0.25, -0.2) is 9.18 Å². The number of halogens is 1. The number of amides is 2. The first-order valence-electron chi connectivity index (χ1n) is 9.97. The summed E-state index contributed by atoms with van der Waals surface area (Å²) >= 11 is 0. The molecule has 0 spiro atoms. The highest BCUT2D eigenvalue weighted by Gasteiger charge is 2.34. The molecule has 1 aliphatic heterocycles. The fourth-order valence-electron chi connectivity index (χ4n) is 3.30. The van der Waals surface area contributed by atoms with Gasteiger partial charge < -0.3 is 15.4 Å². The van der Waals surface area contributed by atoms with Crippen LogP contribution in [0.5, 0.6) is 0 Å². The van der Waals surface area contributed by atoms with Gasteiger partial charge in [0.1, 0.15) is 5.67 Å². The van der Waals surface area contributed by atoms with E-state index in [-0.39, 0.29) is 24.6 Å². The first-order valence-corrected chi connectivity index (χ1v) is 9.97. The minimum atomic E-state index is -1.43. The van der Waals surface area contributed by atoms with Gasteiger partial charge in [-0.05, 0) is 52.3 Å². The maximum Gasteiger partial charge on any atom is 0.414 e. The summed E-state index contributed by atoms with van der Waals surface area (Å²) in [6.45, 7) is 10.1. The van der Waals surface area contributed by atoms with Crippen molar-refractivity contribution in [1.29, 1.82) is 0 Å². The van der Waals surface area contributed by atoms with Crippen molar-refractivity contribution in [2.75, 3.05) is 22.9 Å². The van der Waals surface area contributed by atoms with Gasteiger partial charge in [-0.3, -0.25) is 14.7 Å². The number of nitrogens with zero attached hydrogens (tertiary/aromatic N) is 3. The molecule has 0 aromatic heterocycles. The monoisotopic (exact) mass is 418 g/mol. The first kappa shape index (κ1) is 23.4. The molecule has 1 heterocycles. The van der Waals surface area contributed by atoms with Crippen molar-refractivity contribution in [2.24, 2.45) is 10.7 Å². The molecule has 2 amide bonds. The highest BCUT2D eigenvalue weighted by molar-refractivity contribution is 6.11. The Morgan fingerprint density at radius 3 is 2.57 bits per heavy atom. The van der Waals surface area contributed by atoms with E-state index in [1.807, 2.05) is 6.92 Å². The van der Waals surface area contributed by atoms with Crippen LogP contribution in [0, 0.1) is 0 Å². The maximum absolute atomic E-state index is 13.7. The van der Waals surface area contributed by atoms with Gasteiger partial charge in [0.15, 0.2) is 0 Å². The van der Waals surface area contributed by atoms with Gasteiger partial charge >= 0.3 is 6.09 Å². The van der Waals surface area contributed by atoms with E-state index in [2.05, 4.69) is 4.99 Å². The third kappa shape index (κ3) is 5.58. The van der Waals surface area contributed by atoms with E-state index >= 15 is 0 Å². The summed E-state index contributed by atoms with van der Waals surface area (Å²) in [5.74, 6) is -0.116. The quantitative estimate of drug-likeness (QED) is 0.734. The van der Waals surface area contributed by atoms with Crippen molar-refractivity contribution >= 4 is 35.2 Å². The minimum absolute atomic E-state index is 0.00223. The topological polar surface area (TPSA) is 88.2 Å². The summed E-state index contributed by atoms with van der Waals surface area (Å²) in [5, 5.41) is 0. The Labute approximate surface area is 177 Å². The van der Waals surface area contributed by atoms with Gasteiger partial charge in [0, 0.05) is 31.5 Å². The summed E-state index contributed by atoms with van der Waals surface area (Å²) in [6, 6.07) is 5.13. The molecule has 2 N–H and O–H groups in total. The lowest BCUT2D eigenvalue weighted by atomic mass is 10.0. The van der Waals surface area contributed by atoms with Crippen LogP contribution in [0.1, 0.15) is 47.1 Å². The molecule has 1 aliphatic rings. The largest absolute Gasteiger partial charge is 0.446 e. The fraction of sp³-hybridized carbons (Fsp3) is 0.500. The molecule has 1 aromatic carbocycles. The lowest BCUT2D eigenvalue weighted by Gasteiger charge is -2.40. The average Bonchev–Trinajstić information content (AvgIpc) is 2.62. The number of carbonyl (C=O) groups is 2.